The number of fused-ring (bicyclic) bond motifs is 1. The van der Waals surface area contributed by atoms with Crippen molar-refractivity contribution >= 4 is 29.1 Å². The summed E-state index contributed by atoms with van der Waals surface area (Å²) in [7, 11) is 1.66. The quantitative estimate of drug-likeness (QED) is 0.804. The third-order valence-electron chi connectivity index (χ3n) is 3.64. The number of hydrogen-bond acceptors (Lipinski definition) is 3. The second kappa shape index (κ2) is 8.61. The van der Waals surface area contributed by atoms with E-state index < -0.39 is 0 Å². The van der Waals surface area contributed by atoms with Gasteiger partial charge in [0.1, 0.15) is 5.75 Å². The molecule has 0 aliphatic carbocycles. The Morgan fingerprint density at radius 3 is 2.59 bits per heavy atom. The van der Waals surface area contributed by atoms with Crippen molar-refractivity contribution in [2.45, 2.75) is 19.3 Å². The molecule has 2 aromatic rings. The predicted molar refractivity (Wildman–Crippen MR) is 92.8 cm³/mol. The third-order valence-corrected chi connectivity index (χ3v) is 3.64. The second-order valence-corrected chi connectivity index (χ2v) is 5.13. The van der Waals surface area contributed by atoms with Crippen LogP contribution in [0.15, 0.2) is 36.4 Å². The fraction of sp³-hybridized carbons (Fsp3) is 0.353. The number of nitrogens with two attached hydrogens (primary N) is 1. The van der Waals surface area contributed by atoms with Crippen LogP contribution < -0.4 is 15.8 Å². The molecular weight excluding hydrogens is 300 g/mol. The Labute approximate surface area is 137 Å². The lowest BCUT2D eigenvalue weighted by atomic mass is 9.97. The number of ether oxygens (including phenoxy) is 1. The number of nitrogens with one attached hydrogen (secondary N) is 1. The van der Waals surface area contributed by atoms with Crippen LogP contribution in [0.1, 0.15) is 24.8 Å². The molecule has 5 heteroatoms. The van der Waals surface area contributed by atoms with E-state index in [4.69, 9.17) is 10.5 Å². The summed E-state index contributed by atoms with van der Waals surface area (Å²) in [4.78, 5) is 12.1. The average Bonchev–Trinajstić information content (AvgIpc) is 2.53. The minimum atomic E-state index is -0.172. The van der Waals surface area contributed by atoms with E-state index in [1.165, 1.54) is 0 Å². The van der Waals surface area contributed by atoms with Crippen molar-refractivity contribution in [1.82, 2.24) is 5.32 Å². The first kappa shape index (κ1) is 18.3. The van der Waals surface area contributed by atoms with Crippen LogP contribution in [0.2, 0.25) is 0 Å². The molecule has 0 fully saturated rings. The molecule has 0 spiro atoms. The zero-order chi connectivity index (χ0) is 15.2. The Kier molecular flexibility index (Phi) is 7.15. The molecule has 0 bridgehead atoms. The predicted octanol–water partition coefficient (Wildman–Crippen LogP) is 2.84. The van der Waals surface area contributed by atoms with Crippen LogP contribution in [-0.2, 0) is 4.79 Å². The number of methoxy groups -OCH3 is 1. The van der Waals surface area contributed by atoms with Crippen LogP contribution in [0.4, 0.5) is 0 Å². The molecule has 1 atom stereocenters. The maximum absolute atomic E-state index is 12.1. The van der Waals surface area contributed by atoms with Crippen LogP contribution in [0, 0.1) is 0 Å². The van der Waals surface area contributed by atoms with E-state index >= 15 is 0 Å². The summed E-state index contributed by atoms with van der Waals surface area (Å²) < 4.78 is 5.22. The number of hydrogen-bond donors (Lipinski definition) is 2. The molecular formula is C17H23ClN2O2. The highest BCUT2D eigenvalue weighted by atomic mass is 35.5. The smallest absolute Gasteiger partial charge is 0.227 e. The van der Waals surface area contributed by atoms with E-state index in [0.29, 0.717) is 13.1 Å². The first-order valence-corrected chi connectivity index (χ1v) is 7.21. The second-order valence-electron chi connectivity index (χ2n) is 5.13. The number of amides is 1. The lowest BCUT2D eigenvalue weighted by Crippen LogP contribution is -2.29. The van der Waals surface area contributed by atoms with Gasteiger partial charge in [-0.3, -0.25) is 4.79 Å². The van der Waals surface area contributed by atoms with Gasteiger partial charge in [0, 0.05) is 6.54 Å². The van der Waals surface area contributed by atoms with Crippen molar-refractivity contribution in [3.05, 3.63) is 42.0 Å². The van der Waals surface area contributed by atoms with E-state index in [0.717, 1.165) is 28.5 Å². The summed E-state index contributed by atoms with van der Waals surface area (Å²) in [6.07, 6.45) is 0.802. The SMILES string of the molecule is COc1ccc2cc(C(C)C(=O)NCCCN)ccc2c1.Cl. The zero-order valence-corrected chi connectivity index (χ0v) is 13.8. The molecule has 0 saturated carbocycles. The van der Waals surface area contributed by atoms with Crippen molar-refractivity contribution in [2.24, 2.45) is 5.73 Å². The Morgan fingerprint density at radius 2 is 1.91 bits per heavy atom. The molecule has 2 aromatic carbocycles. The fourth-order valence-electron chi connectivity index (χ4n) is 2.26. The number of carbonyl (C=O) groups is 1. The van der Waals surface area contributed by atoms with Gasteiger partial charge in [-0.1, -0.05) is 24.3 Å². The first-order valence-electron chi connectivity index (χ1n) is 7.21. The van der Waals surface area contributed by atoms with Crippen molar-refractivity contribution in [2.75, 3.05) is 20.2 Å². The number of rotatable bonds is 6. The topological polar surface area (TPSA) is 64.3 Å². The van der Waals surface area contributed by atoms with E-state index in [9.17, 15) is 4.79 Å². The van der Waals surface area contributed by atoms with Gasteiger partial charge in [0.2, 0.25) is 5.91 Å². The van der Waals surface area contributed by atoms with Crippen LogP contribution in [-0.4, -0.2) is 26.1 Å². The van der Waals surface area contributed by atoms with Crippen molar-refractivity contribution in [1.29, 1.82) is 0 Å². The monoisotopic (exact) mass is 322 g/mol. The number of halogens is 1. The van der Waals surface area contributed by atoms with Gasteiger partial charge in [0.15, 0.2) is 0 Å². The highest BCUT2D eigenvalue weighted by molar-refractivity contribution is 5.88. The average molecular weight is 323 g/mol. The number of carbonyl (C=O) groups excluding carboxylic acids is 1. The van der Waals surface area contributed by atoms with E-state index in [1.807, 2.05) is 37.3 Å². The summed E-state index contributed by atoms with van der Waals surface area (Å²) in [5, 5.41) is 5.12. The van der Waals surface area contributed by atoms with Gasteiger partial charge >= 0.3 is 0 Å². The van der Waals surface area contributed by atoms with Crippen LogP contribution in [0.5, 0.6) is 5.75 Å². The van der Waals surface area contributed by atoms with Crippen molar-refractivity contribution in [3.8, 4) is 5.75 Å². The molecule has 4 nitrogen and oxygen atoms in total. The first-order chi connectivity index (χ1) is 10.2. The molecule has 0 aliphatic heterocycles. The van der Waals surface area contributed by atoms with Crippen LogP contribution >= 0.6 is 12.4 Å². The van der Waals surface area contributed by atoms with Gasteiger partial charge in [-0.25, -0.2) is 0 Å². The molecule has 0 aliphatic rings. The molecule has 0 radical (unpaired) electrons. The van der Waals surface area contributed by atoms with Gasteiger partial charge < -0.3 is 15.8 Å². The Balaban J connectivity index is 0.00000242. The highest BCUT2D eigenvalue weighted by Crippen LogP contribution is 2.25. The van der Waals surface area contributed by atoms with Gasteiger partial charge in [-0.05, 0) is 48.4 Å². The zero-order valence-electron chi connectivity index (χ0n) is 13.0. The molecule has 1 amide bonds. The normalized spacial score (nSPS) is 11.6. The van der Waals surface area contributed by atoms with Gasteiger partial charge in [0.25, 0.3) is 0 Å². The van der Waals surface area contributed by atoms with Gasteiger partial charge in [0.05, 0.1) is 13.0 Å². The lowest BCUT2D eigenvalue weighted by Gasteiger charge is -2.13. The van der Waals surface area contributed by atoms with E-state index in [1.54, 1.807) is 7.11 Å². The molecule has 0 saturated heterocycles. The molecule has 120 valence electrons. The largest absolute Gasteiger partial charge is 0.497 e. The summed E-state index contributed by atoms with van der Waals surface area (Å²) in [5.74, 6) is 0.702. The summed E-state index contributed by atoms with van der Waals surface area (Å²) in [6.45, 7) is 3.14. The minimum Gasteiger partial charge on any atom is -0.497 e. The minimum absolute atomic E-state index is 0. The van der Waals surface area contributed by atoms with Crippen molar-refractivity contribution < 1.29 is 9.53 Å². The van der Waals surface area contributed by atoms with Gasteiger partial charge in [-0.15, -0.1) is 12.4 Å². The third kappa shape index (κ3) is 4.36. The lowest BCUT2D eigenvalue weighted by molar-refractivity contribution is -0.122. The van der Waals surface area contributed by atoms with Crippen molar-refractivity contribution in [3.63, 3.8) is 0 Å². The van der Waals surface area contributed by atoms with Crippen LogP contribution in [0.3, 0.4) is 0 Å². The maximum Gasteiger partial charge on any atom is 0.227 e. The van der Waals surface area contributed by atoms with E-state index in [-0.39, 0.29) is 24.2 Å². The molecule has 22 heavy (non-hydrogen) atoms. The standard InChI is InChI=1S/C17H22N2O2.ClH/c1-12(17(20)19-9-3-8-18)13-4-5-15-11-16(21-2)7-6-14(15)10-13;/h4-7,10-12H,3,8-9,18H2,1-2H3,(H,19,20);1H. The summed E-state index contributed by atoms with van der Waals surface area (Å²) in [5.41, 5.74) is 6.44. The molecule has 0 aromatic heterocycles. The molecule has 3 N–H and O–H groups in total. The molecule has 0 heterocycles. The molecule has 1 unspecified atom stereocenters. The van der Waals surface area contributed by atoms with Crippen LogP contribution in [0.25, 0.3) is 10.8 Å². The fourth-order valence-corrected chi connectivity index (χ4v) is 2.26. The summed E-state index contributed by atoms with van der Waals surface area (Å²) in [6, 6.07) is 12.0. The maximum atomic E-state index is 12.1. The summed E-state index contributed by atoms with van der Waals surface area (Å²) >= 11 is 0. The van der Waals surface area contributed by atoms with Gasteiger partial charge in [-0.2, -0.15) is 0 Å². The molecule has 2 rings (SSSR count). The Morgan fingerprint density at radius 1 is 1.23 bits per heavy atom. The van der Waals surface area contributed by atoms with E-state index in [2.05, 4.69) is 11.4 Å². The number of benzene rings is 2. The Hall–Kier alpha value is -1.78. The highest BCUT2D eigenvalue weighted by Gasteiger charge is 2.14. The Bertz CT molecular complexity index is 631.